The third-order valence-corrected chi connectivity index (χ3v) is 4.76. The largest absolute Gasteiger partial charge is 0.482 e. The van der Waals surface area contributed by atoms with Crippen molar-refractivity contribution in [3.63, 3.8) is 0 Å². The van der Waals surface area contributed by atoms with Crippen molar-refractivity contribution >= 4 is 23.8 Å². The maximum absolute atomic E-state index is 12.5. The molecule has 2 N–H and O–H groups in total. The molecule has 0 radical (unpaired) electrons. The SMILES string of the molecule is Cc1cc(SCC(O)/C=C/c2ccc(C(F)(F)F)cc2)ccc1OCC(=O)O. The molecule has 0 aliphatic carbocycles. The number of hydrogen-bond donors (Lipinski definition) is 2. The smallest absolute Gasteiger partial charge is 0.416 e. The monoisotopic (exact) mass is 412 g/mol. The first-order valence-electron chi connectivity index (χ1n) is 8.27. The number of rotatable bonds is 8. The predicted octanol–water partition coefficient (Wildman–Crippen LogP) is 4.64. The fourth-order valence-electron chi connectivity index (χ4n) is 2.26. The average molecular weight is 412 g/mol. The molecule has 0 fully saturated rings. The van der Waals surface area contributed by atoms with Gasteiger partial charge in [-0.2, -0.15) is 13.2 Å². The number of aliphatic hydroxyl groups excluding tert-OH is 1. The lowest BCUT2D eigenvalue weighted by Crippen LogP contribution is -2.10. The highest BCUT2D eigenvalue weighted by Crippen LogP contribution is 2.29. The summed E-state index contributed by atoms with van der Waals surface area (Å²) in [5.74, 6) is -0.221. The minimum absolute atomic E-state index is 0.353. The standard InChI is InChI=1S/C20H19F3O4S/c1-13-10-17(8-9-18(13)27-11-19(25)26)28-12-16(24)7-4-14-2-5-15(6-3-14)20(21,22)23/h2-10,16,24H,11-12H2,1H3,(H,25,26)/b7-4+. The molecule has 0 aromatic heterocycles. The summed E-state index contributed by atoms with van der Waals surface area (Å²) in [5.41, 5.74) is 0.626. The number of aliphatic hydroxyl groups is 1. The molecule has 8 heteroatoms. The van der Waals surface area contributed by atoms with E-state index in [1.807, 2.05) is 6.07 Å². The van der Waals surface area contributed by atoms with E-state index in [0.29, 0.717) is 17.1 Å². The second-order valence-corrected chi connectivity index (χ2v) is 7.06. The number of aryl methyl sites for hydroxylation is 1. The van der Waals surface area contributed by atoms with Crippen molar-refractivity contribution in [2.75, 3.05) is 12.4 Å². The second kappa shape index (κ2) is 9.66. The van der Waals surface area contributed by atoms with Crippen LogP contribution in [0.2, 0.25) is 0 Å². The van der Waals surface area contributed by atoms with E-state index < -0.39 is 30.4 Å². The van der Waals surface area contributed by atoms with Gasteiger partial charge in [-0.1, -0.05) is 24.3 Å². The van der Waals surface area contributed by atoms with E-state index in [2.05, 4.69) is 0 Å². The zero-order valence-corrected chi connectivity index (χ0v) is 15.8. The number of carbonyl (C=O) groups is 1. The zero-order chi connectivity index (χ0) is 20.7. The van der Waals surface area contributed by atoms with Crippen LogP contribution in [-0.2, 0) is 11.0 Å². The third-order valence-electron chi connectivity index (χ3n) is 3.67. The summed E-state index contributed by atoms with van der Waals surface area (Å²) in [6.07, 6.45) is -2.06. The van der Waals surface area contributed by atoms with Crippen LogP contribution in [0.4, 0.5) is 13.2 Å². The van der Waals surface area contributed by atoms with Crippen LogP contribution in [0.1, 0.15) is 16.7 Å². The summed E-state index contributed by atoms with van der Waals surface area (Å²) < 4.78 is 42.8. The van der Waals surface area contributed by atoms with Crippen molar-refractivity contribution in [2.24, 2.45) is 0 Å². The highest BCUT2D eigenvalue weighted by atomic mass is 32.2. The lowest BCUT2D eigenvalue weighted by Gasteiger charge is -2.10. The highest BCUT2D eigenvalue weighted by molar-refractivity contribution is 7.99. The first kappa shape index (κ1) is 21.8. The molecule has 2 aromatic rings. The number of benzene rings is 2. The lowest BCUT2D eigenvalue weighted by atomic mass is 10.1. The predicted molar refractivity (Wildman–Crippen MR) is 102 cm³/mol. The van der Waals surface area contributed by atoms with Crippen LogP contribution in [0.5, 0.6) is 5.75 Å². The first-order chi connectivity index (χ1) is 13.1. The summed E-state index contributed by atoms with van der Waals surface area (Å²) in [6.45, 7) is 1.38. The Kier molecular flexibility index (Phi) is 7.53. The van der Waals surface area contributed by atoms with Crippen molar-refractivity contribution in [3.05, 3.63) is 65.2 Å². The van der Waals surface area contributed by atoms with Crippen LogP contribution in [0.15, 0.2) is 53.4 Å². The summed E-state index contributed by atoms with van der Waals surface area (Å²) in [6, 6.07) is 9.95. The number of carboxylic acids is 1. The van der Waals surface area contributed by atoms with Gasteiger partial charge in [-0.25, -0.2) is 4.79 Å². The van der Waals surface area contributed by atoms with Gasteiger partial charge in [0.05, 0.1) is 11.7 Å². The van der Waals surface area contributed by atoms with Crippen molar-refractivity contribution in [2.45, 2.75) is 24.1 Å². The Hall–Kier alpha value is -2.45. The second-order valence-electron chi connectivity index (χ2n) is 5.97. The average Bonchev–Trinajstić information content (AvgIpc) is 2.63. The van der Waals surface area contributed by atoms with Gasteiger partial charge in [0.15, 0.2) is 6.61 Å². The molecule has 0 amide bonds. The highest BCUT2D eigenvalue weighted by Gasteiger charge is 2.29. The van der Waals surface area contributed by atoms with Crippen molar-refractivity contribution in [1.82, 2.24) is 0 Å². The molecule has 2 aromatic carbocycles. The van der Waals surface area contributed by atoms with Gasteiger partial charge in [0, 0.05) is 10.6 Å². The van der Waals surface area contributed by atoms with Crippen LogP contribution >= 0.6 is 11.8 Å². The van der Waals surface area contributed by atoms with Gasteiger partial charge in [0.25, 0.3) is 0 Å². The topological polar surface area (TPSA) is 66.8 Å². The molecule has 2 rings (SSSR count). The molecule has 0 saturated heterocycles. The molecule has 0 aliphatic rings. The van der Waals surface area contributed by atoms with E-state index in [0.717, 1.165) is 22.6 Å². The first-order valence-corrected chi connectivity index (χ1v) is 9.25. The van der Waals surface area contributed by atoms with Crippen molar-refractivity contribution in [3.8, 4) is 5.75 Å². The Bertz CT molecular complexity index is 832. The summed E-state index contributed by atoms with van der Waals surface area (Å²) in [4.78, 5) is 11.4. The Morgan fingerprint density at radius 3 is 2.46 bits per heavy atom. The number of ether oxygens (including phenoxy) is 1. The summed E-state index contributed by atoms with van der Waals surface area (Å²) in [7, 11) is 0. The van der Waals surface area contributed by atoms with Crippen molar-refractivity contribution < 1.29 is 32.9 Å². The number of aliphatic carboxylic acids is 1. The number of carboxylic acid groups (broad SMARTS) is 1. The molecule has 0 aliphatic heterocycles. The molecular formula is C20H19F3O4S. The quantitative estimate of drug-likeness (QED) is 0.618. The maximum atomic E-state index is 12.5. The van der Waals surface area contributed by atoms with E-state index in [4.69, 9.17) is 9.84 Å². The number of hydrogen-bond acceptors (Lipinski definition) is 4. The van der Waals surface area contributed by atoms with Gasteiger partial charge in [0.1, 0.15) is 5.75 Å². The molecule has 150 valence electrons. The number of thioether (sulfide) groups is 1. The lowest BCUT2D eigenvalue weighted by molar-refractivity contribution is -0.139. The zero-order valence-electron chi connectivity index (χ0n) is 14.9. The van der Waals surface area contributed by atoms with Crippen LogP contribution in [-0.4, -0.2) is 34.6 Å². The minimum Gasteiger partial charge on any atom is -0.482 e. The van der Waals surface area contributed by atoms with Crippen LogP contribution < -0.4 is 4.74 Å². The number of alkyl halides is 3. The molecule has 28 heavy (non-hydrogen) atoms. The van der Waals surface area contributed by atoms with Gasteiger partial charge >= 0.3 is 12.1 Å². The number of halogens is 3. The maximum Gasteiger partial charge on any atom is 0.416 e. The molecule has 4 nitrogen and oxygen atoms in total. The third kappa shape index (κ3) is 6.94. The van der Waals surface area contributed by atoms with E-state index in [9.17, 15) is 23.1 Å². The van der Waals surface area contributed by atoms with Crippen molar-refractivity contribution in [1.29, 1.82) is 0 Å². The molecule has 0 saturated carbocycles. The summed E-state index contributed by atoms with van der Waals surface area (Å²) >= 11 is 1.39. The van der Waals surface area contributed by atoms with Gasteiger partial charge < -0.3 is 14.9 Å². The Labute approximate surface area is 164 Å². The van der Waals surface area contributed by atoms with E-state index in [1.54, 1.807) is 25.1 Å². The normalized spacial score (nSPS) is 12.9. The van der Waals surface area contributed by atoms with Gasteiger partial charge in [-0.3, -0.25) is 0 Å². The van der Waals surface area contributed by atoms with Crippen LogP contribution in [0, 0.1) is 6.92 Å². The van der Waals surface area contributed by atoms with E-state index in [-0.39, 0.29) is 0 Å². The Balaban J connectivity index is 1.88. The molecule has 1 atom stereocenters. The van der Waals surface area contributed by atoms with Crippen LogP contribution in [0.25, 0.3) is 6.08 Å². The molecule has 0 heterocycles. The van der Waals surface area contributed by atoms with Gasteiger partial charge in [-0.05, 0) is 48.4 Å². The van der Waals surface area contributed by atoms with Gasteiger partial charge in [0.2, 0.25) is 0 Å². The summed E-state index contributed by atoms with van der Waals surface area (Å²) in [5, 5.41) is 18.7. The van der Waals surface area contributed by atoms with Crippen LogP contribution in [0.3, 0.4) is 0 Å². The van der Waals surface area contributed by atoms with E-state index in [1.165, 1.54) is 30.0 Å². The fraction of sp³-hybridized carbons (Fsp3) is 0.250. The Morgan fingerprint density at radius 2 is 1.89 bits per heavy atom. The Morgan fingerprint density at radius 1 is 1.21 bits per heavy atom. The van der Waals surface area contributed by atoms with Gasteiger partial charge in [-0.15, -0.1) is 11.8 Å². The molecule has 0 bridgehead atoms. The minimum atomic E-state index is -4.37. The fourth-order valence-corrected chi connectivity index (χ4v) is 3.15. The molecule has 0 spiro atoms. The molecule has 1 unspecified atom stereocenters. The molecular weight excluding hydrogens is 393 g/mol. The van der Waals surface area contributed by atoms with E-state index >= 15 is 0 Å².